The normalized spacial score (nSPS) is 16.1. The number of esters is 1. The summed E-state index contributed by atoms with van der Waals surface area (Å²) in [5.74, 6) is -1.09. The number of dihydropyridines is 1. The zero-order valence-corrected chi connectivity index (χ0v) is 19.1. The summed E-state index contributed by atoms with van der Waals surface area (Å²) < 4.78 is 5.23. The zero-order valence-electron chi connectivity index (χ0n) is 16.6. The Labute approximate surface area is 186 Å². The summed E-state index contributed by atoms with van der Waals surface area (Å²) >= 11 is 4.06. The van der Waals surface area contributed by atoms with Crippen molar-refractivity contribution in [1.29, 1.82) is 5.26 Å². The van der Waals surface area contributed by atoms with Gasteiger partial charge in [0.2, 0.25) is 5.91 Å². The number of hydrogen-bond donors (Lipinski definition) is 2. The summed E-state index contributed by atoms with van der Waals surface area (Å²) in [7, 11) is 0. The van der Waals surface area contributed by atoms with E-state index in [1.54, 1.807) is 13.8 Å². The number of anilines is 1. The standard InChI is InChI=1S/C20H20N4O3S3/c1-4-27-19(26)16-12(3)23-18(13(8-21)17(16)14-6-5-7-28-14)29-10-15(25)24-20-22-11(2)9-30-20/h5-7,9,17,23H,4,10H2,1-3H3,(H,22,24,25)/t17-/m0/s1. The number of thiophene rings is 1. The van der Waals surface area contributed by atoms with E-state index >= 15 is 0 Å². The molecule has 0 radical (unpaired) electrons. The van der Waals surface area contributed by atoms with E-state index in [0.29, 0.717) is 27.0 Å². The van der Waals surface area contributed by atoms with Gasteiger partial charge in [0.15, 0.2) is 5.13 Å². The van der Waals surface area contributed by atoms with E-state index in [-0.39, 0.29) is 18.3 Å². The van der Waals surface area contributed by atoms with E-state index in [4.69, 9.17) is 4.74 Å². The number of thioether (sulfide) groups is 1. The van der Waals surface area contributed by atoms with Crippen LogP contribution in [0.1, 0.15) is 30.3 Å². The van der Waals surface area contributed by atoms with Crippen molar-refractivity contribution in [3.63, 3.8) is 0 Å². The SMILES string of the molecule is CCOC(=O)C1=C(C)NC(SCC(=O)Nc2nc(C)cs2)=C(C#N)[C@H]1c1cccs1. The smallest absolute Gasteiger partial charge is 0.336 e. The van der Waals surface area contributed by atoms with Gasteiger partial charge in [-0.25, -0.2) is 9.78 Å². The molecule has 2 aromatic heterocycles. The van der Waals surface area contributed by atoms with Gasteiger partial charge in [-0.3, -0.25) is 4.79 Å². The summed E-state index contributed by atoms with van der Waals surface area (Å²) in [6.07, 6.45) is 0. The average Bonchev–Trinajstić information content (AvgIpc) is 3.37. The minimum absolute atomic E-state index is 0.103. The molecular formula is C20H20N4O3S3. The number of carbonyl (C=O) groups excluding carboxylic acids is 2. The second-order valence-corrected chi connectivity index (χ2v) is 9.14. The minimum Gasteiger partial charge on any atom is -0.463 e. The van der Waals surface area contributed by atoms with Crippen molar-refractivity contribution in [1.82, 2.24) is 10.3 Å². The van der Waals surface area contributed by atoms with Crippen LogP contribution in [-0.2, 0) is 14.3 Å². The van der Waals surface area contributed by atoms with E-state index in [1.165, 1.54) is 34.4 Å². The number of ether oxygens (including phenoxy) is 1. The van der Waals surface area contributed by atoms with Crippen molar-refractivity contribution in [3.8, 4) is 6.07 Å². The predicted molar refractivity (Wildman–Crippen MR) is 120 cm³/mol. The molecule has 0 fully saturated rings. The van der Waals surface area contributed by atoms with Crippen LogP contribution in [0.2, 0.25) is 0 Å². The molecular weight excluding hydrogens is 440 g/mol. The Hall–Kier alpha value is -2.61. The molecule has 10 heteroatoms. The van der Waals surface area contributed by atoms with Gasteiger partial charge >= 0.3 is 5.97 Å². The molecule has 0 aliphatic carbocycles. The third kappa shape index (κ3) is 4.92. The molecule has 0 bridgehead atoms. The van der Waals surface area contributed by atoms with Crippen LogP contribution in [0, 0.1) is 18.3 Å². The molecule has 0 saturated carbocycles. The fourth-order valence-electron chi connectivity index (χ4n) is 2.95. The lowest BCUT2D eigenvalue weighted by Crippen LogP contribution is -2.29. The average molecular weight is 461 g/mol. The van der Waals surface area contributed by atoms with Crippen molar-refractivity contribution in [2.24, 2.45) is 0 Å². The molecule has 2 aromatic rings. The maximum Gasteiger partial charge on any atom is 0.336 e. The number of nitrogens with zero attached hydrogens (tertiary/aromatic N) is 2. The number of aryl methyl sites for hydroxylation is 1. The molecule has 2 N–H and O–H groups in total. The number of carbonyl (C=O) groups is 2. The first-order chi connectivity index (χ1) is 14.4. The molecule has 1 aliphatic rings. The van der Waals surface area contributed by atoms with E-state index in [0.717, 1.165) is 10.6 Å². The molecule has 0 unspecified atom stereocenters. The van der Waals surface area contributed by atoms with Gasteiger partial charge in [-0.2, -0.15) is 5.26 Å². The monoisotopic (exact) mass is 460 g/mol. The Morgan fingerprint density at radius 1 is 1.40 bits per heavy atom. The van der Waals surface area contributed by atoms with Gasteiger partial charge in [0.25, 0.3) is 0 Å². The topological polar surface area (TPSA) is 104 Å². The summed E-state index contributed by atoms with van der Waals surface area (Å²) in [5.41, 5.74) is 2.28. The largest absolute Gasteiger partial charge is 0.463 e. The molecule has 1 amide bonds. The second kappa shape index (κ2) is 9.93. The number of thiazole rings is 1. The van der Waals surface area contributed by atoms with Gasteiger partial charge in [0, 0.05) is 16.0 Å². The first-order valence-corrected chi connectivity index (χ1v) is 11.9. The van der Waals surface area contributed by atoms with Gasteiger partial charge in [0.05, 0.1) is 46.2 Å². The molecule has 30 heavy (non-hydrogen) atoms. The minimum atomic E-state index is -0.525. The van der Waals surface area contributed by atoms with E-state index in [1.807, 2.05) is 29.8 Å². The number of nitriles is 1. The fraction of sp³-hybridized carbons (Fsp3) is 0.300. The van der Waals surface area contributed by atoms with Gasteiger partial charge in [-0.05, 0) is 32.2 Å². The molecule has 3 heterocycles. The third-order valence-corrected chi connectivity index (χ3v) is 7.01. The number of aromatic nitrogens is 1. The van der Waals surface area contributed by atoms with Gasteiger partial charge in [-0.15, -0.1) is 22.7 Å². The molecule has 1 atom stereocenters. The van der Waals surface area contributed by atoms with Gasteiger partial charge in [-0.1, -0.05) is 17.8 Å². The number of hydrogen-bond acceptors (Lipinski definition) is 9. The quantitative estimate of drug-likeness (QED) is 0.598. The maximum absolute atomic E-state index is 12.6. The Kier molecular flexibility index (Phi) is 7.31. The maximum atomic E-state index is 12.6. The summed E-state index contributed by atoms with van der Waals surface area (Å²) in [5, 5.41) is 20.7. The van der Waals surface area contributed by atoms with Crippen LogP contribution < -0.4 is 10.6 Å². The number of allylic oxidation sites excluding steroid dienone is 2. The first-order valence-electron chi connectivity index (χ1n) is 9.12. The van der Waals surface area contributed by atoms with Crippen LogP contribution in [-0.4, -0.2) is 29.2 Å². The lowest BCUT2D eigenvalue weighted by Gasteiger charge is -2.28. The number of nitrogens with one attached hydrogen (secondary N) is 2. The van der Waals surface area contributed by atoms with E-state index in [9.17, 15) is 14.9 Å². The Morgan fingerprint density at radius 3 is 2.80 bits per heavy atom. The fourth-order valence-corrected chi connectivity index (χ4v) is 5.39. The van der Waals surface area contributed by atoms with E-state index in [2.05, 4.69) is 21.7 Å². The first kappa shape index (κ1) is 22.1. The molecule has 156 valence electrons. The Morgan fingerprint density at radius 2 is 2.20 bits per heavy atom. The lowest BCUT2D eigenvalue weighted by molar-refractivity contribution is -0.138. The van der Waals surface area contributed by atoms with Crippen LogP contribution in [0.5, 0.6) is 0 Å². The zero-order chi connectivity index (χ0) is 21.7. The molecule has 3 rings (SSSR count). The van der Waals surface area contributed by atoms with Gasteiger partial charge in [0.1, 0.15) is 0 Å². The lowest BCUT2D eigenvalue weighted by atomic mass is 9.87. The number of amides is 1. The number of rotatable bonds is 7. The third-order valence-electron chi connectivity index (χ3n) is 4.18. The molecule has 7 nitrogen and oxygen atoms in total. The second-order valence-electron chi connectivity index (χ2n) is 6.32. The van der Waals surface area contributed by atoms with Crippen LogP contribution >= 0.6 is 34.4 Å². The van der Waals surface area contributed by atoms with Crippen molar-refractivity contribution < 1.29 is 14.3 Å². The van der Waals surface area contributed by atoms with Crippen LogP contribution in [0.15, 0.2) is 44.8 Å². The highest BCUT2D eigenvalue weighted by molar-refractivity contribution is 8.03. The van der Waals surface area contributed by atoms with Crippen LogP contribution in [0.3, 0.4) is 0 Å². The van der Waals surface area contributed by atoms with Gasteiger partial charge < -0.3 is 15.4 Å². The van der Waals surface area contributed by atoms with Crippen molar-refractivity contribution in [3.05, 3.63) is 55.3 Å². The van der Waals surface area contributed by atoms with Crippen molar-refractivity contribution >= 4 is 51.4 Å². The van der Waals surface area contributed by atoms with Crippen molar-refractivity contribution in [2.75, 3.05) is 17.7 Å². The highest BCUT2D eigenvalue weighted by Crippen LogP contribution is 2.42. The molecule has 0 aromatic carbocycles. The molecule has 0 saturated heterocycles. The summed E-state index contributed by atoms with van der Waals surface area (Å²) in [6, 6.07) is 6.01. The Bertz CT molecular complexity index is 1050. The highest BCUT2D eigenvalue weighted by atomic mass is 32.2. The van der Waals surface area contributed by atoms with Crippen molar-refractivity contribution in [2.45, 2.75) is 26.7 Å². The predicted octanol–water partition coefficient (Wildman–Crippen LogP) is 4.14. The molecule has 1 aliphatic heterocycles. The Balaban J connectivity index is 1.84. The van der Waals surface area contributed by atoms with Crippen LogP contribution in [0.4, 0.5) is 5.13 Å². The van der Waals surface area contributed by atoms with Crippen LogP contribution in [0.25, 0.3) is 0 Å². The summed E-state index contributed by atoms with van der Waals surface area (Å²) in [4.78, 5) is 30.0. The van der Waals surface area contributed by atoms with E-state index < -0.39 is 11.9 Å². The molecule has 0 spiro atoms. The highest BCUT2D eigenvalue weighted by Gasteiger charge is 2.36. The summed E-state index contributed by atoms with van der Waals surface area (Å²) in [6.45, 7) is 5.63.